The van der Waals surface area contributed by atoms with Gasteiger partial charge in [0.1, 0.15) is 9.88 Å². The monoisotopic (exact) mass is 186 g/mol. The number of rotatable bonds is 2. The zero-order valence-electron chi connectivity index (χ0n) is 6.90. The fourth-order valence-corrected chi connectivity index (χ4v) is 1.48. The first-order chi connectivity index (χ1) is 5.65. The van der Waals surface area contributed by atoms with E-state index in [1.165, 1.54) is 24.6 Å². The van der Waals surface area contributed by atoms with Crippen LogP contribution in [0.15, 0.2) is 6.20 Å². The average Bonchev–Trinajstić information content (AvgIpc) is 2.51. The van der Waals surface area contributed by atoms with Crippen LogP contribution in [0.25, 0.3) is 0 Å². The third-order valence-electron chi connectivity index (χ3n) is 1.30. The standard InChI is InChI=1S/C7H10N2O2S/c1-4(8)6-9-3-5(12-6)7(10)11-2/h3-4H,8H2,1-2H3/t4-/m1/s1. The average molecular weight is 186 g/mol. The number of carbonyl (C=O) groups excluding carboxylic acids is 1. The van der Waals surface area contributed by atoms with Crippen LogP contribution in [-0.2, 0) is 4.74 Å². The Balaban J connectivity index is 2.84. The van der Waals surface area contributed by atoms with Gasteiger partial charge in [-0.15, -0.1) is 11.3 Å². The second kappa shape index (κ2) is 3.64. The lowest BCUT2D eigenvalue weighted by Crippen LogP contribution is -2.03. The van der Waals surface area contributed by atoms with Gasteiger partial charge in [-0.25, -0.2) is 9.78 Å². The van der Waals surface area contributed by atoms with Gasteiger partial charge in [-0.3, -0.25) is 0 Å². The molecule has 0 spiro atoms. The highest BCUT2D eigenvalue weighted by atomic mass is 32.1. The summed E-state index contributed by atoms with van der Waals surface area (Å²) in [5.41, 5.74) is 5.56. The third kappa shape index (κ3) is 1.80. The zero-order chi connectivity index (χ0) is 9.14. The normalized spacial score (nSPS) is 12.6. The molecule has 0 fully saturated rings. The Hall–Kier alpha value is -0.940. The highest BCUT2D eigenvalue weighted by Gasteiger charge is 2.11. The van der Waals surface area contributed by atoms with Gasteiger partial charge in [0, 0.05) is 0 Å². The summed E-state index contributed by atoms with van der Waals surface area (Å²) in [5, 5.41) is 0.746. The highest BCUT2D eigenvalue weighted by molar-refractivity contribution is 7.13. The molecule has 0 saturated carbocycles. The van der Waals surface area contributed by atoms with E-state index in [-0.39, 0.29) is 12.0 Å². The van der Waals surface area contributed by atoms with Crippen molar-refractivity contribution in [1.82, 2.24) is 4.98 Å². The molecule has 4 nitrogen and oxygen atoms in total. The summed E-state index contributed by atoms with van der Waals surface area (Å²) in [6.45, 7) is 1.82. The van der Waals surface area contributed by atoms with E-state index >= 15 is 0 Å². The van der Waals surface area contributed by atoms with Crippen LogP contribution in [0.2, 0.25) is 0 Å². The van der Waals surface area contributed by atoms with Gasteiger partial charge in [-0.2, -0.15) is 0 Å². The molecule has 1 rings (SSSR count). The Morgan fingerprint density at radius 3 is 2.92 bits per heavy atom. The van der Waals surface area contributed by atoms with Crippen molar-refractivity contribution in [2.45, 2.75) is 13.0 Å². The first kappa shape index (κ1) is 9.15. The lowest BCUT2D eigenvalue weighted by atomic mass is 10.4. The molecule has 12 heavy (non-hydrogen) atoms. The smallest absolute Gasteiger partial charge is 0.349 e. The van der Waals surface area contributed by atoms with E-state index in [4.69, 9.17) is 5.73 Å². The van der Waals surface area contributed by atoms with Gasteiger partial charge >= 0.3 is 5.97 Å². The SMILES string of the molecule is COC(=O)c1cnc([C@@H](C)N)s1. The second-order valence-electron chi connectivity index (χ2n) is 2.34. The zero-order valence-corrected chi connectivity index (χ0v) is 7.72. The molecule has 2 N–H and O–H groups in total. The number of hydrogen-bond donors (Lipinski definition) is 1. The minimum atomic E-state index is -0.362. The number of nitrogens with zero attached hydrogens (tertiary/aromatic N) is 1. The Labute approximate surface area is 74.4 Å². The van der Waals surface area contributed by atoms with Crippen LogP contribution in [0.1, 0.15) is 27.6 Å². The van der Waals surface area contributed by atoms with Crippen molar-refractivity contribution in [3.8, 4) is 0 Å². The Bertz CT molecular complexity index is 283. The number of hydrogen-bond acceptors (Lipinski definition) is 5. The molecule has 0 unspecified atom stereocenters. The number of aromatic nitrogens is 1. The molecular formula is C7H10N2O2S. The molecule has 1 aromatic heterocycles. The maximum Gasteiger partial charge on any atom is 0.349 e. The number of carbonyl (C=O) groups is 1. The van der Waals surface area contributed by atoms with Crippen molar-refractivity contribution < 1.29 is 9.53 Å². The number of thiazole rings is 1. The van der Waals surface area contributed by atoms with Gasteiger partial charge in [0.25, 0.3) is 0 Å². The van der Waals surface area contributed by atoms with E-state index in [2.05, 4.69) is 9.72 Å². The number of nitrogens with two attached hydrogens (primary N) is 1. The Morgan fingerprint density at radius 2 is 2.50 bits per heavy atom. The summed E-state index contributed by atoms with van der Waals surface area (Å²) >= 11 is 1.26. The number of methoxy groups -OCH3 is 1. The van der Waals surface area contributed by atoms with Crippen LogP contribution in [0.4, 0.5) is 0 Å². The molecule has 0 aliphatic heterocycles. The van der Waals surface area contributed by atoms with Gasteiger partial charge in [-0.05, 0) is 6.92 Å². The number of esters is 1. The molecular weight excluding hydrogens is 176 g/mol. The molecule has 0 amide bonds. The molecule has 0 aromatic carbocycles. The molecule has 0 radical (unpaired) electrons. The maximum absolute atomic E-state index is 11.0. The van der Waals surface area contributed by atoms with Crippen molar-refractivity contribution in [3.63, 3.8) is 0 Å². The summed E-state index contributed by atoms with van der Waals surface area (Å²) in [4.78, 5) is 15.4. The number of ether oxygens (including phenoxy) is 1. The largest absolute Gasteiger partial charge is 0.465 e. The molecule has 5 heteroatoms. The lowest BCUT2D eigenvalue weighted by Gasteiger charge is -1.96. The van der Waals surface area contributed by atoms with Crippen molar-refractivity contribution in [2.24, 2.45) is 5.73 Å². The first-order valence-corrected chi connectivity index (χ1v) is 4.26. The summed E-state index contributed by atoms with van der Waals surface area (Å²) in [6.07, 6.45) is 1.48. The van der Waals surface area contributed by atoms with Crippen molar-refractivity contribution in [3.05, 3.63) is 16.1 Å². The van der Waals surface area contributed by atoms with Crippen LogP contribution < -0.4 is 5.73 Å². The van der Waals surface area contributed by atoms with Gasteiger partial charge < -0.3 is 10.5 Å². The minimum absolute atomic E-state index is 0.131. The topological polar surface area (TPSA) is 65.2 Å². The van der Waals surface area contributed by atoms with Crippen molar-refractivity contribution in [2.75, 3.05) is 7.11 Å². The predicted molar refractivity (Wildman–Crippen MR) is 46.1 cm³/mol. The fraction of sp³-hybridized carbons (Fsp3) is 0.429. The molecule has 0 aliphatic carbocycles. The molecule has 66 valence electrons. The summed E-state index contributed by atoms with van der Waals surface area (Å²) in [7, 11) is 1.34. The third-order valence-corrected chi connectivity index (χ3v) is 2.48. The van der Waals surface area contributed by atoms with Crippen LogP contribution in [0.3, 0.4) is 0 Å². The Morgan fingerprint density at radius 1 is 1.83 bits per heavy atom. The second-order valence-corrected chi connectivity index (χ2v) is 3.41. The lowest BCUT2D eigenvalue weighted by molar-refractivity contribution is 0.0606. The van der Waals surface area contributed by atoms with E-state index in [0.29, 0.717) is 4.88 Å². The summed E-state index contributed by atoms with van der Waals surface area (Å²) in [6, 6.07) is -0.131. The van der Waals surface area contributed by atoms with Crippen LogP contribution in [0.5, 0.6) is 0 Å². The molecule has 0 bridgehead atoms. The Kier molecular flexibility index (Phi) is 2.78. The predicted octanol–water partition coefficient (Wildman–Crippen LogP) is 0.949. The summed E-state index contributed by atoms with van der Waals surface area (Å²) < 4.78 is 4.52. The van der Waals surface area contributed by atoms with E-state index in [1.54, 1.807) is 0 Å². The molecule has 1 atom stereocenters. The van der Waals surface area contributed by atoms with E-state index in [1.807, 2.05) is 6.92 Å². The van der Waals surface area contributed by atoms with Crippen LogP contribution in [-0.4, -0.2) is 18.1 Å². The quantitative estimate of drug-likeness (QED) is 0.698. The molecule has 0 aliphatic rings. The van der Waals surface area contributed by atoms with Gasteiger partial charge in [0.05, 0.1) is 19.3 Å². The van der Waals surface area contributed by atoms with Crippen molar-refractivity contribution in [1.29, 1.82) is 0 Å². The highest BCUT2D eigenvalue weighted by Crippen LogP contribution is 2.18. The molecule has 1 aromatic rings. The van der Waals surface area contributed by atoms with E-state index in [9.17, 15) is 4.79 Å². The minimum Gasteiger partial charge on any atom is -0.465 e. The van der Waals surface area contributed by atoms with Gasteiger partial charge in [-0.1, -0.05) is 0 Å². The first-order valence-electron chi connectivity index (χ1n) is 3.44. The maximum atomic E-state index is 11.0. The molecule has 1 heterocycles. The van der Waals surface area contributed by atoms with Gasteiger partial charge in [0.15, 0.2) is 0 Å². The van der Waals surface area contributed by atoms with E-state index in [0.717, 1.165) is 5.01 Å². The van der Waals surface area contributed by atoms with Crippen LogP contribution in [0, 0.1) is 0 Å². The van der Waals surface area contributed by atoms with Crippen molar-refractivity contribution >= 4 is 17.3 Å². The fourth-order valence-electron chi connectivity index (χ4n) is 0.693. The summed E-state index contributed by atoms with van der Waals surface area (Å²) in [5.74, 6) is -0.362. The van der Waals surface area contributed by atoms with E-state index < -0.39 is 0 Å². The van der Waals surface area contributed by atoms with Crippen LogP contribution >= 0.6 is 11.3 Å². The molecule has 0 saturated heterocycles. The van der Waals surface area contributed by atoms with Gasteiger partial charge in [0.2, 0.25) is 0 Å².